The molecule has 2 aromatic carbocycles. The van der Waals surface area contributed by atoms with Gasteiger partial charge in [0, 0.05) is 37.4 Å². The average Bonchev–Trinajstić information content (AvgIpc) is 2.99. The lowest BCUT2D eigenvalue weighted by Gasteiger charge is -2.38. The fraction of sp³-hybridized carbons (Fsp3) is 0.406. The highest BCUT2D eigenvalue weighted by atomic mass is 16.6. The summed E-state index contributed by atoms with van der Waals surface area (Å²) in [6.45, 7) is 11.9. The van der Waals surface area contributed by atoms with Gasteiger partial charge in [0.1, 0.15) is 11.2 Å². The van der Waals surface area contributed by atoms with Gasteiger partial charge in [-0.25, -0.2) is 24.4 Å². The van der Waals surface area contributed by atoms with Crippen LogP contribution in [0.1, 0.15) is 54.1 Å². The quantitative estimate of drug-likeness (QED) is 0.261. The molecule has 11 heteroatoms. The summed E-state index contributed by atoms with van der Waals surface area (Å²) in [5.74, 6) is -0.159. The number of rotatable bonds is 8. The van der Waals surface area contributed by atoms with E-state index in [2.05, 4.69) is 9.88 Å². The second-order valence-electron chi connectivity index (χ2n) is 11.1. The van der Waals surface area contributed by atoms with Crippen LogP contribution >= 0.6 is 0 Å². The molecule has 0 unspecified atom stereocenters. The zero-order valence-corrected chi connectivity index (χ0v) is 25.6. The van der Waals surface area contributed by atoms with Gasteiger partial charge in [0.25, 0.3) is 0 Å². The van der Waals surface area contributed by atoms with Crippen LogP contribution < -0.4 is 4.90 Å². The first-order valence-electron chi connectivity index (χ1n) is 14.3. The Morgan fingerprint density at radius 2 is 1.56 bits per heavy atom. The molecule has 43 heavy (non-hydrogen) atoms. The summed E-state index contributed by atoms with van der Waals surface area (Å²) < 4.78 is 15.8. The van der Waals surface area contributed by atoms with Gasteiger partial charge in [-0.3, -0.25) is 4.90 Å². The molecule has 0 bridgehead atoms. The first kappa shape index (κ1) is 31.4. The molecular formula is C32H39N5O6. The van der Waals surface area contributed by atoms with Crippen LogP contribution in [-0.2, 0) is 14.2 Å². The summed E-state index contributed by atoms with van der Waals surface area (Å²) in [6, 6.07) is 16.5. The topological polar surface area (TPSA) is 114 Å². The molecule has 228 valence electrons. The van der Waals surface area contributed by atoms with Gasteiger partial charge >= 0.3 is 18.0 Å². The Labute approximate surface area is 252 Å². The van der Waals surface area contributed by atoms with Crippen LogP contribution in [0, 0.1) is 6.92 Å². The minimum Gasteiger partial charge on any atom is -0.465 e. The molecule has 11 nitrogen and oxygen atoms in total. The van der Waals surface area contributed by atoms with Crippen molar-refractivity contribution in [3.8, 4) is 11.4 Å². The fourth-order valence-electron chi connectivity index (χ4n) is 4.67. The van der Waals surface area contributed by atoms with Gasteiger partial charge in [-0.05, 0) is 58.9 Å². The highest BCUT2D eigenvalue weighted by molar-refractivity contribution is 5.97. The van der Waals surface area contributed by atoms with Crippen LogP contribution in [-0.4, -0.2) is 90.0 Å². The first-order chi connectivity index (χ1) is 20.5. The number of carbonyl (C=O) groups excluding carboxylic acids is 3. The number of nitrogens with zero attached hydrogens (tertiary/aromatic N) is 5. The van der Waals surface area contributed by atoms with Crippen LogP contribution in [0.5, 0.6) is 0 Å². The van der Waals surface area contributed by atoms with Crippen molar-refractivity contribution in [2.24, 2.45) is 0 Å². The van der Waals surface area contributed by atoms with Crippen molar-refractivity contribution in [1.82, 2.24) is 19.8 Å². The Balaban J connectivity index is 1.71. The number of hydrogen-bond acceptors (Lipinski definition) is 10. The van der Waals surface area contributed by atoms with E-state index in [9.17, 15) is 14.4 Å². The maximum absolute atomic E-state index is 13.3. The monoisotopic (exact) mass is 589 g/mol. The molecule has 1 amide bonds. The number of carbonyl (C=O) groups is 3. The predicted octanol–water partition coefficient (Wildman–Crippen LogP) is 5.06. The molecule has 0 N–H and O–H groups in total. The summed E-state index contributed by atoms with van der Waals surface area (Å²) in [7, 11) is 1.33. The second-order valence-corrected chi connectivity index (χ2v) is 11.1. The summed E-state index contributed by atoms with van der Waals surface area (Å²) in [5, 5.41) is 0. The number of amides is 1. The third kappa shape index (κ3) is 7.86. The Morgan fingerprint density at radius 3 is 2.14 bits per heavy atom. The number of aryl methyl sites for hydroxylation is 1. The maximum Gasteiger partial charge on any atom is 0.410 e. The minimum atomic E-state index is -0.565. The number of piperazine rings is 1. The van der Waals surface area contributed by atoms with Crippen LogP contribution in [0.3, 0.4) is 0 Å². The van der Waals surface area contributed by atoms with E-state index < -0.39 is 17.5 Å². The largest absolute Gasteiger partial charge is 0.465 e. The van der Waals surface area contributed by atoms with E-state index in [1.165, 1.54) is 7.11 Å². The van der Waals surface area contributed by atoms with Gasteiger partial charge in [-0.15, -0.1) is 0 Å². The normalized spacial score (nSPS) is 13.8. The Kier molecular flexibility index (Phi) is 9.97. The van der Waals surface area contributed by atoms with E-state index in [-0.39, 0.29) is 18.3 Å². The molecular weight excluding hydrogens is 550 g/mol. The molecule has 2 heterocycles. The highest BCUT2D eigenvalue weighted by Crippen LogP contribution is 2.32. The van der Waals surface area contributed by atoms with E-state index in [0.29, 0.717) is 61.3 Å². The van der Waals surface area contributed by atoms with Gasteiger partial charge in [-0.2, -0.15) is 0 Å². The van der Waals surface area contributed by atoms with E-state index in [1.54, 1.807) is 43.0 Å². The van der Waals surface area contributed by atoms with Gasteiger partial charge in [-0.1, -0.05) is 30.3 Å². The Morgan fingerprint density at radius 1 is 0.907 bits per heavy atom. The van der Waals surface area contributed by atoms with Crippen molar-refractivity contribution in [1.29, 1.82) is 0 Å². The SMILES string of the molecule is CCOC(=O)c1c(C)nc(-c2ccc(C(=O)OC)cc2)nc1N(CN1CCN(C(=O)OC(C)(C)C)CC1)c1ccccc1. The molecule has 1 aliphatic rings. The fourth-order valence-corrected chi connectivity index (χ4v) is 4.67. The molecule has 0 radical (unpaired) electrons. The first-order valence-corrected chi connectivity index (χ1v) is 14.3. The lowest BCUT2D eigenvalue weighted by Crippen LogP contribution is -2.52. The smallest absolute Gasteiger partial charge is 0.410 e. The van der Waals surface area contributed by atoms with Crippen molar-refractivity contribution >= 4 is 29.5 Å². The number of esters is 2. The van der Waals surface area contributed by atoms with E-state index in [1.807, 2.05) is 56.0 Å². The van der Waals surface area contributed by atoms with Crippen molar-refractivity contribution in [2.45, 2.75) is 40.2 Å². The van der Waals surface area contributed by atoms with E-state index in [4.69, 9.17) is 19.2 Å². The number of benzene rings is 2. The summed E-state index contributed by atoms with van der Waals surface area (Å²) >= 11 is 0. The Hall–Kier alpha value is -4.51. The minimum absolute atomic E-state index is 0.201. The summed E-state index contributed by atoms with van der Waals surface area (Å²) in [6.07, 6.45) is -0.328. The average molecular weight is 590 g/mol. The molecule has 3 aromatic rings. The molecule has 0 atom stereocenters. The number of methoxy groups -OCH3 is 1. The third-order valence-corrected chi connectivity index (χ3v) is 6.80. The van der Waals surface area contributed by atoms with E-state index in [0.717, 1.165) is 5.69 Å². The molecule has 0 saturated carbocycles. The molecule has 4 rings (SSSR count). The lowest BCUT2D eigenvalue weighted by molar-refractivity contribution is 0.0146. The standard InChI is InChI=1S/C32H39N5O6/c1-7-42-30(39)26-22(2)33-27(23-13-15-24(16-14-23)29(38)41-6)34-28(26)37(25-11-9-8-10-12-25)21-35-17-19-36(20-18-35)31(40)43-32(3,4)5/h8-16H,7,17-21H2,1-6H3. The third-order valence-electron chi connectivity index (χ3n) is 6.80. The van der Waals surface area contributed by atoms with Crippen LogP contribution in [0.25, 0.3) is 11.4 Å². The number of anilines is 2. The zero-order valence-electron chi connectivity index (χ0n) is 25.6. The summed E-state index contributed by atoms with van der Waals surface area (Å²) in [5.41, 5.74) is 2.07. The molecule has 1 aliphatic heterocycles. The van der Waals surface area contributed by atoms with Crippen LogP contribution in [0.2, 0.25) is 0 Å². The van der Waals surface area contributed by atoms with Crippen molar-refractivity contribution in [3.63, 3.8) is 0 Å². The van der Waals surface area contributed by atoms with Crippen LogP contribution in [0.15, 0.2) is 54.6 Å². The maximum atomic E-state index is 13.3. The molecule has 1 aromatic heterocycles. The number of ether oxygens (including phenoxy) is 3. The van der Waals surface area contributed by atoms with Crippen molar-refractivity contribution in [2.75, 3.05) is 51.5 Å². The summed E-state index contributed by atoms with van der Waals surface area (Å²) in [4.78, 5) is 53.3. The number of aromatic nitrogens is 2. The van der Waals surface area contributed by atoms with Gasteiger partial charge < -0.3 is 24.0 Å². The molecule has 1 saturated heterocycles. The number of hydrogen-bond donors (Lipinski definition) is 0. The highest BCUT2D eigenvalue weighted by Gasteiger charge is 2.30. The van der Waals surface area contributed by atoms with E-state index >= 15 is 0 Å². The predicted molar refractivity (Wildman–Crippen MR) is 162 cm³/mol. The molecule has 0 aliphatic carbocycles. The molecule has 0 spiro atoms. The molecule has 1 fully saturated rings. The second kappa shape index (κ2) is 13.6. The van der Waals surface area contributed by atoms with Crippen molar-refractivity contribution in [3.05, 3.63) is 71.4 Å². The van der Waals surface area contributed by atoms with Gasteiger partial charge in [0.15, 0.2) is 11.6 Å². The van der Waals surface area contributed by atoms with Crippen LogP contribution in [0.4, 0.5) is 16.3 Å². The zero-order chi connectivity index (χ0) is 31.1. The lowest BCUT2D eigenvalue weighted by atomic mass is 10.1. The number of para-hydroxylation sites is 1. The Bertz CT molecular complexity index is 1430. The van der Waals surface area contributed by atoms with Gasteiger partial charge in [0.05, 0.1) is 31.6 Å². The van der Waals surface area contributed by atoms with Crippen molar-refractivity contribution < 1.29 is 28.6 Å². The van der Waals surface area contributed by atoms with Gasteiger partial charge in [0.2, 0.25) is 0 Å².